The van der Waals surface area contributed by atoms with Gasteiger partial charge < -0.3 is 10.6 Å². The SMILES string of the molecule is CC1CCN(C(=O)CCS(=O)(=O)C2CCCC2)C(CN)C1. The van der Waals surface area contributed by atoms with Crippen LogP contribution in [0.3, 0.4) is 0 Å². The van der Waals surface area contributed by atoms with Gasteiger partial charge in [0.1, 0.15) is 0 Å². The molecule has 0 aromatic carbocycles. The normalized spacial score (nSPS) is 28.0. The van der Waals surface area contributed by atoms with Gasteiger partial charge in [-0.3, -0.25) is 4.79 Å². The van der Waals surface area contributed by atoms with E-state index in [-0.39, 0.29) is 29.4 Å². The topological polar surface area (TPSA) is 80.5 Å². The molecule has 0 spiro atoms. The lowest BCUT2D eigenvalue weighted by atomic mass is 9.92. The fourth-order valence-electron chi connectivity index (χ4n) is 3.59. The summed E-state index contributed by atoms with van der Waals surface area (Å²) in [4.78, 5) is 14.2. The molecule has 2 unspecified atom stereocenters. The maximum Gasteiger partial charge on any atom is 0.223 e. The van der Waals surface area contributed by atoms with Crippen LogP contribution in [0, 0.1) is 5.92 Å². The fraction of sp³-hybridized carbons (Fsp3) is 0.933. The molecule has 1 saturated carbocycles. The molecule has 2 atom stereocenters. The van der Waals surface area contributed by atoms with E-state index in [1.807, 2.05) is 4.90 Å². The van der Waals surface area contributed by atoms with Crippen molar-refractivity contribution in [2.24, 2.45) is 11.7 Å². The van der Waals surface area contributed by atoms with Crippen LogP contribution in [0.4, 0.5) is 0 Å². The van der Waals surface area contributed by atoms with Crippen molar-refractivity contribution in [1.29, 1.82) is 0 Å². The summed E-state index contributed by atoms with van der Waals surface area (Å²) >= 11 is 0. The zero-order valence-electron chi connectivity index (χ0n) is 13.0. The summed E-state index contributed by atoms with van der Waals surface area (Å²) < 4.78 is 24.5. The lowest BCUT2D eigenvalue weighted by Gasteiger charge is -2.38. The van der Waals surface area contributed by atoms with Crippen LogP contribution in [0.5, 0.6) is 0 Å². The number of carbonyl (C=O) groups is 1. The molecule has 0 aromatic rings. The zero-order chi connectivity index (χ0) is 15.5. The first-order chi connectivity index (χ1) is 9.94. The minimum absolute atomic E-state index is 0.000154. The van der Waals surface area contributed by atoms with Crippen molar-refractivity contribution in [1.82, 2.24) is 4.90 Å². The standard InChI is InChI=1S/C15H28N2O3S/c1-12-6-8-17(13(10-12)11-16)15(18)7-9-21(19,20)14-4-2-3-5-14/h12-14H,2-11,16H2,1H3. The van der Waals surface area contributed by atoms with E-state index in [4.69, 9.17) is 5.73 Å². The lowest BCUT2D eigenvalue weighted by Crippen LogP contribution is -2.49. The third-order valence-electron chi connectivity index (χ3n) is 4.98. The Morgan fingerprint density at radius 2 is 1.90 bits per heavy atom. The molecule has 0 bridgehead atoms. The highest BCUT2D eigenvalue weighted by Gasteiger charge is 2.32. The molecule has 1 heterocycles. The highest BCUT2D eigenvalue weighted by molar-refractivity contribution is 7.92. The molecule has 6 heteroatoms. The largest absolute Gasteiger partial charge is 0.338 e. The maximum atomic E-state index is 12.3. The van der Waals surface area contributed by atoms with E-state index in [1.54, 1.807) is 0 Å². The fourth-order valence-corrected chi connectivity index (χ4v) is 5.43. The van der Waals surface area contributed by atoms with Gasteiger partial charge in [0, 0.05) is 25.6 Å². The molecule has 5 nitrogen and oxygen atoms in total. The predicted octanol–water partition coefficient (Wildman–Crippen LogP) is 1.32. The number of likely N-dealkylation sites (tertiary alicyclic amines) is 1. The van der Waals surface area contributed by atoms with Gasteiger partial charge in [0.2, 0.25) is 5.91 Å². The van der Waals surface area contributed by atoms with Gasteiger partial charge in [-0.15, -0.1) is 0 Å². The van der Waals surface area contributed by atoms with E-state index in [2.05, 4.69) is 6.92 Å². The average molecular weight is 316 g/mol. The lowest BCUT2D eigenvalue weighted by molar-refractivity contribution is -0.134. The minimum atomic E-state index is -3.11. The summed E-state index contributed by atoms with van der Waals surface area (Å²) in [5, 5.41) is -0.211. The van der Waals surface area contributed by atoms with Crippen LogP contribution in [0.2, 0.25) is 0 Å². The molecule has 21 heavy (non-hydrogen) atoms. The second-order valence-corrected chi connectivity index (χ2v) is 9.03. The Bertz CT molecular complexity index is 458. The number of sulfone groups is 1. The van der Waals surface area contributed by atoms with Crippen LogP contribution in [0.25, 0.3) is 0 Å². The molecular weight excluding hydrogens is 288 g/mol. The number of piperidine rings is 1. The molecule has 2 rings (SSSR count). The van der Waals surface area contributed by atoms with Gasteiger partial charge in [0.15, 0.2) is 9.84 Å². The third-order valence-corrected chi connectivity index (χ3v) is 7.24. The molecule has 2 fully saturated rings. The van der Waals surface area contributed by atoms with Crippen molar-refractivity contribution in [2.75, 3.05) is 18.8 Å². The maximum absolute atomic E-state index is 12.3. The molecule has 122 valence electrons. The van der Waals surface area contributed by atoms with Crippen molar-refractivity contribution in [2.45, 2.75) is 63.2 Å². The van der Waals surface area contributed by atoms with Gasteiger partial charge >= 0.3 is 0 Å². The molecule has 1 aliphatic heterocycles. The van der Waals surface area contributed by atoms with E-state index < -0.39 is 9.84 Å². The summed E-state index contributed by atoms with van der Waals surface area (Å²) in [6.07, 6.45) is 5.56. The Morgan fingerprint density at radius 3 is 2.52 bits per heavy atom. The van der Waals surface area contributed by atoms with Gasteiger partial charge in [-0.1, -0.05) is 19.8 Å². The number of amides is 1. The predicted molar refractivity (Wildman–Crippen MR) is 83.6 cm³/mol. The zero-order valence-corrected chi connectivity index (χ0v) is 13.8. The summed E-state index contributed by atoms with van der Waals surface area (Å²) in [6, 6.07) is 0.0791. The number of hydrogen-bond acceptors (Lipinski definition) is 4. The highest BCUT2D eigenvalue weighted by atomic mass is 32.2. The molecule has 1 aliphatic carbocycles. The quantitative estimate of drug-likeness (QED) is 0.829. The van der Waals surface area contributed by atoms with E-state index in [0.29, 0.717) is 19.0 Å². The van der Waals surface area contributed by atoms with Crippen LogP contribution >= 0.6 is 0 Å². The van der Waals surface area contributed by atoms with E-state index >= 15 is 0 Å². The third kappa shape index (κ3) is 4.19. The van der Waals surface area contributed by atoms with Gasteiger partial charge in [0.05, 0.1) is 11.0 Å². The van der Waals surface area contributed by atoms with Gasteiger partial charge in [-0.25, -0.2) is 8.42 Å². The van der Waals surface area contributed by atoms with Crippen molar-refractivity contribution in [3.05, 3.63) is 0 Å². The van der Waals surface area contributed by atoms with Crippen molar-refractivity contribution >= 4 is 15.7 Å². The van der Waals surface area contributed by atoms with Crippen LogP contribution in [0.1, 0.15) is 51.9 Å². The van der Waals surface area contributed by atoms with E-state index in [1.165, 1.54) is 0 Å². The number of nitrogens with zero attached hydrogens (tertiary/aromatic N) is 1. The van der Waals surface area contributed by atoms with Crippen molar-refractivity contribution < 1.29 is 13.2 Å². The van der Waals surface area contributed by atoms with Crippen LogP contribution in [-0.2, 0) is 14.6 Å². The Labute approximate surface area is 128 Å². The molecule has 2 aliphatic rings. The Morgan fingerprint density at radius 1 is 1.24 bits per heavy atom. The van der Waals surface area contributed by atoms with E-state index in [9.17, 15) is 13.2 Å². The Hall–Kier alpha value is -0.620. The summed E-state index contributed by atoms with van der Waals surface area (Å²) in [5.74, 6) is 0.545. The smallest absolute Gasteiger partial charge is 0.223 e. The highest BCUT2D eigenvalue weighted by Crippen LogP contribution is 2.26. The second kappa shape index (κ2) is 7.09. The summed E-state index contributed by atoms with van der Waals surface area (Å²) in [5.41, 5.74) is 5.76. The number of hydrogen-bond donors (Lipinski definition) is 1. The van der Waals surface area contributed by atoms with E-state index in [0.717, 1.165) is 38.5 Å². The Kier molecular flexibility index (Phi) is 5.66. The molecule has 0 aromatic heterocycles. The molecular formula is C15H28N2O3S. The van der Waals surface area contributed by atoms with Crippen molar-refractivity contribution in [3.8, 4) is 0 Å². The number of rotatable bonds is 5. The first-order valence-corrected chi connectivity index (χ1v) is 9.86. The van der Waals surface area contributed by atoms with Gasteiger partial charge in [0.25, 0.3) is 0 Å². The van der Waals surface area contributed by atoms with Crippen LogP contribution in [-0.4, -0.2) is 49.4 Å². The first kappa shape index (κ1) is 16.7. The number of carbonyl (C=O) groups excluding carboxylic acids is 1. The molecule has 2 N–H and O–H groups in total. The molecule has 1 saturated heterocycles. The number of nitrogens with two attached hydrogens (primary N) is 1. The summed E-state index contributed by atoms with van der Waals surface area (Å²) in [6.45, 7) is 3.35. The van der Waals surface area contributed by atoms with Gasteiger partial charge in [-0.05, 0) is 31.6 Å². The van der Waals surface area contributed by atoms with Crippen molar-refractivity contribution in [3.63, 3.8) is 0 Å². The van der Waals surface area contributed by atoms with Crippen LogP contribution in [0.15, 0.2) is 0 Å². The average Bonchev–Trinajstić information content (AvgIpc) is 2.99. The molecule has 0 radical (unpaired) electrons. The first-order valence-electron chi connectivity index (χ1n) is 8.15. The minimum Gasteiger partial charge on any atom is -0.338 e. The Balaban J connectivity index is 1.88. The molecule has 1 amide bonds. The monoisotopic (exact) mass is 316 g/mol. The van der Waals surface area contributed by atoms with Gasteiger partial charge in [-0.2, -0.15) is 0 Å². The van der Waals surface area contributed by atoms with Crippen LogP contribution < -0.4 is 5.73 Å². The second-order valence-electron chi connectivity index (χ2n) is 6.63. The summed E-state index contributed by atoms with van der Waals surface area (Å²) in [7, 11) is -3.11.